The Bertz CT molecular complexity index is 1590. The summed E-state index contributed by atoms with van der Waals surface area (Å²) in [7, 11) is -3.42. The summed E-state index contributed by atoms with van der Waals surface area (Å²) in [6, 6.07) is 21.5. The Morgan fingerprint density at radius 2 is 1.62 bits per heavy atom. The quantitative estimate of drug-likeness (QED) is 0.456. The van der Waals surface area contributed by atoms with E-state index in [0.717, 1.165) is 53.3 Å². The van der Waals surface area contributed by atoms with Crippen molar-refractivity contribution in [3.63, 3.8) is 0 Å². The Labute approximate surface area is 248 Å². The van der Waals surface area contributed by atoms with Crippen LogP contribution in [0.3, 0.4) is 0 Å². The van der Waals surface area contributed by atoms with E-state index >= 15 is 0 Å². The number of sulfonamides is 1. The number of carbonyl (C=O) groups excluding carboxylic acids is 2. The molecule has 2 heterocycles. The van der Waals surface area contributed by atoms with Gasteiger partial charge in [-0.15, -0.1) is 0 Å². The zero-order valence-corrected chi connectivity index (χ0v) is 25.0. The first-order valence-corrected chi connectivity index (χ1v) is 16.9. The predicted octanol–water partition coefficient (Wildman–Crippen LogP) is 3.72. The summed E-state index contributed by atoms with van der Waals surface area (Å²) < 4.78 is 26.7. The molecule has 3 aromatic carbocycles. The number of likely N-dealkylation sites (tertiary alicyclic amines) is 1. The third-order valence-electron chi connectivity index (χ3n) is 9.63. The summed E-state index contributed by atoms with van der Waals surface area (Å²) >= 11 is 0. The molecule has 9 heteroatoms. The predicted molar refractivity (Wildman–Crippen MR) is 166 cm³/mol. The van der Waals surface area contributed by atoms with Gasteiger partial charge in [-0.3, -0.25) is 13.9 Å². The molecule has 1 atom stereocenters. The van der Waals surface area contributed by atoms with E-state index < -0.39 is 16.1 Å². The first kappa shape index (κ1) is 28.7. The number of benzene rings is 3. The number of nitrogens with two attached hydrogens (primary N) is 1. The molecular formula is C33H40N4O4S. The van der Waals surface area contributed by atoms with Crippen LogP contribution in [0.25, 0.3) is 10.8 Å². The number of carbonyl (C=O) groups is 2. The number of piperidine rings is 1. The van der Waals surface area contributed by atoms with E-state index in [1.54, 1.807) is 0 Å². The van der Waals surface area contributed by atoms with Gasteiger partial charge in [0.1, 0.15) is 6.04 Å². The highest BCUT2D eigenvalue weighted by molar-refractivity contribution is 7.92. The smallest absolute Gasteiger partial charge is 0.245 e. The number of nitrogens with one attached hydrogen (secondary N) is 1. The Morgan fingerprint density at radius 3 is 2.33 bits per heavy atom. The summed E-state index contributed by atoms with van der Waals surface area (Å²) in [6.07, 6.45) is 6.12. The average Bonchev–Trinajstić information content (AvgIpc) is 3.31. The lowest BCUT2D eigenvalue weighted by Gasteiger charge is -2.41. The van der Waals surface area contributed by atoms with E-state index in [-0.39, 0.29) is 29.2 Å². The number of nitrogens with zero attached hydrogens (tertiary/aromatic N) is 2. The monoisotopic (exact) mass is 588 g/mol. The van der Waals surface area contributed by atoms with Crippen LogP contribution in [0.5, 0.6) is 0 Å². The molecule has 0 bridgehead atoms. The second kappa shape index (κ2) is 11.3. The fourth-order valence-corrected chi connectivity index (χ4v) is 8.15. The molecule has 3 aliphatic rings. The number of hydrogen-bond donors (Lipinski definition) is 2. The maximum Gasteiger partial charge on any atom is 0.245 e. The SMILES string of the molecule is CS(=O)(=O)N1CC2(CCN(C(=O)[C@@H](Cc3ccc4ccccc4c3)NC(=O)C3CCC(N)CC3)CC2)c2ccccc21. The van der Waals surface area contributed by atoms with Crippen molar-refractivity contribution in [3.05, 3.63) is 77.9 Å². The normalized spacial score (nSPS) is 22.6. The molecule has 222 valence electrons. The third-order valence-corrected chi connectivity index (χ3v) is 10.8. The summed E-state index contributed by atoms with van der Waals surface area (Å²) in [5.41, 5.74) is 8.53. The molecule has 42 heavy (non-hydrogen) atoms. The van der Waals surface area contributed by atoms with Crippen LogP contribution >= 0.6 is 0 Å². The molecule has 1 spiro atoms. The van der Waals surface area contributed by atoms with Crippen LogP contribution in [-0.4, -0.2) is 63.1 Å². The second-order valence-corrected chi connectivity index (χ2v) is 14.4. The Morgan fingerprint density at radius 1 is 0.952 bits per heavy atom. The van der Waals surface area contributed by atoms with E-state index in [1.807, 2.05) is 47.4 Å². The maximum atomic E-state index is 14.1. The topological polar surface area (TPSA) is 113 Å². The molecule has 6 rings (SSSR count). The van der Waals surface area contributed by atoms with E-state index in [0.29, 0.717) is 38.9 Å². The van der Waals surface area contributed by atoms with Gasteiger partial charge in [0.15, 0.2) is 0 Å². The van der Waals surface area contributed by atoms with Crippen molar-refractivity contribution in [2.45, 2.75) is 62.4 Å². The van der Waals surface area contributed by atoms with Gasteiger partial charge in [-0.2, -0.15) is 0 Å². The van der Waals surface area contributed by atoms with Crippen molar-refractivity contribution in [2.24, 2.45) is 11.7 Å². The highest BCUT2D eigenvalue weighted by Crippen LogP contribution is 2.47. The third kappa shape index (κ3) is 5.64. The average molecular weight is 589 g/mol. The molecule has 1 saturated carbocycles. The zero-order chi connectivity index (χ0) is 29.5. The van der Waals surface area contributed by atoms with Crippen molar-refractivity contribution in [1.29, 1.82) is 0 Å². The first-order valence-electron chi connectivity index (χ1n) is 15.0. The van der Waals surface area contributed by atoms with Crippen LogP contribution in [0.15, 0.2) is 66.7 Å². The second-order valence-electron chi connectivity index (χ2n) is 12.5. The molecule has 2 amide bonds. The van der Waals surface area contributed by atoms with Crippen molar-refractivity contribution < 1.29 is 18.0 Å². The van der Waals surface area contributed by atoms with Crippen LogP contribution in [0.1, 0.15) is 49.7 Å². The van der Waals surface area contributed by atoms with Crippen molar-refractivity contribution >= 4 is 38.3 Å². The van der Waals surface area contributed by atoms with Gasteiger partial charge < -0.3 is 16.0 Å². The molecule has 0 aromatic heterocycles. The van der Waals surface area contributed by atoms with E-state index in [2.05, 4.69) is 29.6 Å². The van der Waals surface area contributed by atoms with Gasteiger partial charge in [0.05, 0.1) is 11.9 Å². The number of amides is 2. The first-order chi connectivity index (χ1) is 20.1. The minimum Gasteiger partial charge on any atom is -0.344 e. The van der Waals surface area contributed by atoms with Gasteiger partial charge in [0.25, 0.3) is 0 Å². The highest BCUT2D eigenvalue weighted by Gasteiger charge is 2.48. The molecule has 1 saturated heterocycles. The molecule has 0 unspecified atom stereocenters. The summed E-state index contributed by atoms with van der Waals surface area (Å²) in [6.45, 7) is 1.41. The van der Waals surface area contributed by atoms with Crippen LogP contribution in [0.2, 0.25) is 0 Å². The molecule has 3 aromatic rings. The van der Waals surface area contributed by atoms with Crippen LogP contribution in [0, 0.1) is 5.92 Å². The molecule has 2 fully saturated rings. The zero-order valence-electron chi connectivity index (χ0n) is 24.2. The lowest BCUT2D eigenvalue weighted by molar-refractivity contribution is -0.139. The molecule has 0 radical (unpaired) electrons. The molecule has 3 N–H and O–H groups in total. The minimum atomic E-state index is -3.42. The number of fused-ring (bicyclic) bond motifs is 3. The van der Waals surface area contributed by atoms with E-state index in [1.165, 1.54) is 10.6 Å². The van der Waals surface area contributed by atoms with Crippen molar-refractivity contribution in [2.75, 3.05) is 30.2 Å². The van der Waals surface area contributed by atoms with Gasteiger partial charge in [-0.1, -0.05) is 60.7 Å². The molecule has 1 aliphatic carbocycles. The largest absolute Gasteiger partial charge is 0.344 e. The number of hydrogen-bond acceptors (Lipinski definition) is 5. The van der Waals surface area contributed by atoms with Crippen molar-refractivity contribution in [1.82, 2.24) is 10.2 Å². The Hall–Kier alpha value is -3.43. The van der Waals surface area contributed by atoms with Crippen molar-refractivity contribution in [3.8, 4) is 0 Å². The number of para-hydroxylation sites is 1. The standard InChI is InChI=1S/C33H40N4O4S/c1-42(40,41)37-22-33(28-8-4-5-9-30(28)37)16-18-36(19-17-33)32(39)29(35-31(38)25-12-14-27(34)15-13-25)21-23-10-11-24-6-2-3-7-26(24)20-23/h2-11,20,25,27,29H,12-19,21-22,34H2,1H3,(H,35,38)/t25?,27?,29-/m1/s1. The Balaban J connectivity index is 1.21. The van der Waals surface area contributed by atoms with Gasteiger partial charge in [0, 0.05) is 43.4 Å². The van der Waals surface area contributed by atoms with E-state index in [9.17, 15) is 18.0 Å². The van der Waals surface area contributed by atoms with Gasteiger partial charge in [0.2, 0.25) is 21.8 Å². The summed E-state index contributed by atoms with van der Waals surface area (Å²) in [5.74, 6) is -0.272. The fourth-order valence-electron chi connectivity index (χ4n) is 7.16. The van der Waals surface area contributed by atoms with Crippen LogP contribution < -0.4 is 15.4 Å². The lowest BCUT2D eigenvalue weighted by atomic mass is 9.74. The Kier molecular flexibility index (Phi) is 7.74. The van der Waals surface area contributed by atoms with Crippen LogP contribution in [-0.2, 0) is 31.4 Å². The summed E-state index contributed by atoms with van der Waals surface area (Å²) in [5, 5.41) is 5.37. The summed E-state index contributed by atoms with van der Waals surface area (Å²) in [4.78, 5) is 29.3. The molecule has 2 aliphatic heterocycles. The maximum absolute atomic E-state index is 14.1. The van der Waals surface area contributed by atoms with Gasteiger partial charge in [-0.05, 0) is 66.5 Å². The van der Waals surface area contributed by atoms with Crippen LogP contribution in [0.4, 0.5) is 5.69 Å². The minimum absolute atomic E-state index is 0.0666. The van der Waals surface area contributed by atoms with E-state index in [4.69, 9.17) is 5.73 Å². The molecular weight excluding hydrogens is 548 g/mol. The van der Waals surface area contributed by atoms with Gasteiger partial charge >= 0.3 is 0 Å². The highest BCUT2D eigenvalue weighted by atomic mass is 32.2. The number of anilines is 1. The van der Waals surface area contributed by atoms with Gasteiger partial charge in [-0.25, -0.2) is 8.42 Å². The molecule has 8 nitrogen and oxygen atoms in total. The fraction of sp³-hybridized carbons (Fsp3) is 0.455. The lowest BCUT2D eigenvalue weighted by Crippen LogP contribution is -2.55. The number of rotatable bonds is 6.